The van der Waals surface area contributed by atoms with Crippen LogP contribution in [-0.4, -0.2) is 46.5 Å². The zero-order chi connectivity index (χ0) is 16.5. The van der Waals surface area contributed by atoms with Crippen molar-refractivity contribution in [3.63, 3.8) is 0 Å². The molecule has 1 saturated heterocycles. The normalized spacial score (nSPS) is 20.4. The molecule has 1 aromatic rings. The van der Waals surface area contributed by atoms with E-state index in [1.165, 1.54) is 4.31 Å². The minimum atomic E-state index is -3.64. The molecule has 1 N–H and O–H groups in total. The number of benzene rings is 1. The summed E-state index contributed by atoms with van der Waals surface area (Å²) < 4.78 is 52.2. The van der Waals surface area contributed by atoms with Crippen LogP contribution in [0.5, 0.6) is 0 Å². The van der Waals surface area contributed by atoms with Gasteiger partial charge in [0, 0.05) is 19.1 Å². The van der Waals surface area contributed by atoms with Gasteiger partial charge >= 0.3 is 0 Å². The van der Waals surface area contributed by atoms with Crippen LogP contribution in [0.4, 0.5) is 0 Å². The van der Waals surface area contributed by atoms with Crippen molar-refractivity contribution >= 4 is 20.0 Å². The van der Waals surface area contributed by atoms with Crippen LogP contribution >= 0.6 is 0 Å². The molecule has 124 valence electrons. The van der Waals surface area contributed by atoms with Gasteiger partial charge in [-0.25, -0.2) is 21.6 Å². The highest BCUT2D eigenvalue weighted by Crippen LogP contribution is 2.21. The van der Waals surface area contributed by atoms with Crippen molar-refractivity contribution in [1.82, 2.24) is 9.03 Å². The average molecular weight is 346 g/mol. The molecule has 1 atom stereocenters. The molecule has 1 fully saturated rings. The minimum Gasteiger partial charge on any atom is -0.212 e. The number of sulfonamides is 2. The second kappa shape index (κ2) is 6.27. The van der Waals surface area contributed by atoms with E-state index in [4.69, 9.17) is 0 Å². The summed E-state index contributed by atoms with van der Waals surface area (Å²) >= 11 is 0. The standard InChI is InChI=1S/C14H22N2O4S2/c1-11-6-7-12(2)14(9-11)22(19,20)15-10-13-5-4-8-16(13)21(3,17)18/h6-7,9,13,15H,4-5,8,10H2,1-3H3. The van der Waals surface area contributed by atoms with E-state index in [0.29, 0.717) is 18.5 Å². The highest BCUT2D eigenvalue weighted by Gasteiger charge is 2.32. The Morgan fingerprint density at radius 3 is 2.55 bits per heavy atom. The predicted molar refractivity (Wildman–Crippen MR) is 85.7 cm³/mol. The van der Waals surface area contributed by atoms with Crippen LogP contribution in [0.25, 0.3) is 0 Å². The first-order valence-corrected chi connectivity index (χ1v) is 10.5. The summed E-state index contributed by atoms with van der Waals surface area (Å²) in [5.74, 6) is 0. The number of hydrogen-bond donors (Lipinski definition) is 1. The Balaban J connectivity index is 2.15. The second-order valence-electron chi connectivity index (χ2n) is 5.79. The molecule has 0 amide bonds. The molecule has 1 aliphatic rings. The highest BCUT2D eigenvalue weighted by molar-refractivity contribution is 7.89. The van der Waals surface area contributed by atoms with Gasteiger partial charge in [0.15, 0.2) is 0 Å². The summed E-state index contributed by atoms with van der Waals surface area (Å²) in [7, 11) is -6.94. The molecule has 0 aliphatic carbocycles. The maximum Gasteiger partial charge on any atom is 0.240 e. The van der Waals surface area contributed by atoms with Gasteiger partial charge in [-0.15, -0.1) is 0 Å². The molecular formula is C14H22N2O4S2. The molecule has 0 spiro atoms. The number of nitrogens with one attached hydrogen (secondary N) is 1. The molecule has 1 aliphatic heterocycles. The molecule has 0 saturated carbocycles. The smallest absolute Gasteiger partial charge is 0.212 e. The van der Waals surface area contributed by atoms with Gasteiger partial charge in [0.2, 0.25) is 20.0 Å². The maximum atomic E-state index is 12.4. The van der Waals surface area contributed by atoms with Crippen LogP contribution < -0.4 is 4.72 Å². The van der Waals surface area contributed by atoms with Crippen molar-refractivity contribution < 1.29 is 16.8 Å². The number of rotatable bonds is 5. The molecule has 2 rings (SSSR count). The molecule has 0 radical (unpaired) electrons. The Bertz CT molecular complexity index is 757. The fourth-order valence-corrected chi connectivity index (χ4v) is 5.31. The fourth-order valence-electron chi connectivity index (χ4n) is 2.73. The van der Waals surface area contributed by atoms with E-state index in [1.54, 1.807) is 19.1 Å². The first kappa shape index (κ1) is 17.4. The Labute approximate surface area is 132 Å². The molecule has 1 unspecified atom stereocenters. The lowest BCUT2D eigenvalue weighted by Gasteiger charge is -2.22. The monoisotopic (exact) mass is 346 g/mol. The van der Waals surface area contributed by atoms with Crippen LogP contribution in [0.1, 0.15) is 24.0 Å². The Kier molecular flexibility index (Phi) is 4.96. The van der Waals surface area contributed by atoms with Gasteiger partial charge in [0.05, 0.1) is 11.2 Å². The SMILES string of the molecule is Cc1ccc(C)c(S(=O)(=O)NCC2CCCN2S(C)(=O)=O)c1. The maximum absolute atomic E-state index is 12.4. The van der Waals surface area contributed by atoms with Gasteiger partial charge in [0.1, 0.15) is 0 Å². The second-order valence-corrected chi connectivity index (χ2v) is 9.46. The summed E-state index contributed by atoms with van der Waals surface area (Å²) in [6, 6.07) is 4.94. The van der Waals surface area contributed by atoms with Crippen LogP contribution in [0.15, 0.2) is 23.1 Å². The first-order chi connectivity index (χ1) is 10.1. The molecule has 0 bridgehead atoms. The first-order valence-electron chi connectivity index (χ1n) is 7.15. The molecule has 6 nitrogen and oxygen atoms in total. The minimum absolute atomic E-state index is 0.1000. The topological polar surface area (TPSA) is 83.6 Å². The van der Waals surface area contributed by atoms with E-state index in [1.807, 2.05) is 13.0 Å². The van der Waals surface area contributed by atoms with Crippen molar-refractivity contribution in [1.29, 1.82) is 0 Å². The predicted octanol–water partition coefficient (Wildman–Crippen LogP) is 1.01. The van der Waals surface area contributed by atoms with Crippen LogP contribution in [-0.2, 0) is 20.0 Å². The zero-order valence-electron chi connectivity index (χ0n) is 13.0. The average Bonchev–Trinajstić information content (AvgIpc) is 2.88. The van der Waals surface area contributed by atoms with Crippen molar-refractivity contribution in [2.75, 3.05) is 19.3 Å². The summed E-state index contributed by atoms with van der Waals surface area (Å²) in [5, 5.41) is 0. The molecule has 0 aromatic heterocycles. The van der Waals surface area contributed by atoms with E-state index >= 15 is 0 Å². The molecule has 22 heavy (non-hydrogen) atoms. The molecule has 1 aromatic carbocycles. The summed E-state index contributed by atoms with van der Waals surface area (Å²) in [6.45, 7) is 4.13. The lowest BCUT2D eigenvalue weighted by atomic mass is 10.2. The Morgan fingerprint density at radius 2 is 1.91 bits per heavy atom. The van der Waals surface area contributed by atoms with Crippen molar-refractivity contribution in [2.24, 2.45) is 0 Å². The van der Waals surface area contributed by atoms with Gasteiger partial charge in [-0.05, 0) is 43.9 Å². The highest BCUT2D eigenvalue weighted by atomic mass is 32.2. The molecule has 1 heterocycles. The van der Waals surface area contributed by atoms with Gasteiger partial charge in [-0.1, -0.05) is 12.1 Å². The van der Waals surface area contributed by atoms with Crippen LogP contribution in [0, 0.1) is 13.8 Å². The fraction of sp³-hybridized carbons (Fsp3) is 0.571. The quantitative estimate of drug-likeness (QED) is 0.862. The van der Waals surface area contributed by atoms with E-state index in [2.05, 4.69) is 4.72 Å². The third-order valence-electron chi connectivity index (χ3n) is 3.89. The van der Waals surface area contributed by atoms with Crippen LogP contribution in [0.3, 0.4) is 0 Å². The van der Waals surface area contributed by atoms with Gasteiger partial charge < -0.3 is 0 Å². The van der Waals surface area contributed by atoms with E-state index in [0.717, 1.165) is 18.2 Å². The van der Waals surface area contributed by atoms with E-state index in [-0.39, 0.29) is 17.5 Å². The lowest BCUT2D eigenvalue weighted by Crippen LogP contribution is -2.42. The zero-order valence-corrected chi connectivity index (χ0v) is 14.7. The summed E-state index contributed by atoms with van der Waals surface area (Å²) in [4.78, 5) is 0.247. The molecule has 8 heteroatoms. The number of hydrogen-bond acceptors (Lipinski definition) is 4. The van der Waals surface area contributed by atoms with Crippen molar-refractivity contribution in [3.05, 3.63) is 29.3 Å². The van der Waals surface area contributed by atoms with Gasteiger partial charge in [0.25, 0.3) is 0 Å². The van der Waals surface area contributed by atoms with E-state index < -0.39 is 20.0 Å². The third kappa shape index (κ3) is 3.87. The lowest BCUT2D eigenvalue weighted by molar-refractivity contribution is 0.388. The summed E-state index contributed by atoms with van der Waals surface area (Å²) in [5.41, 5.74) is 1.54. The number of nitrogens with zero attached hydrogens (tertiary/aromatic N) is 1. The summed E-state index contributed by atoms with van der Waals surface area (Å²) in [6.07, 6.45) is 2.58. The Hall–Kier alpha value is -0.960. The van der Waals surface area contributed by atoms with Crippen molar-refractivity contribution in [3.8, 4) is 0 Å². The number of aryl methyl sites for hydroxylation is 2. The van der Waals surface area contributed by atoms with Crippen molar-refractivity contribution in [2.45, 2.75) is 37.6 Å². The van der Waals surface area contributed by atoms with Crippen LogP contribution in [0.2, 0.25) is 0 Å². The van der Waals surface area contributed by atoms with E-state index in [9.17, 15) is 16.8 Å². The van der Waals surface area contributed by atoms with Gasteiger partial charge in [-0.2, -0.15) is 4.31 Å². The van der Waals surface area contributed by atoms with Gasteiger partial charge in [-0.3, -0.25) is 0 Å². The Morgan fingerprint density at radius 1 is 1.23 bits per heavy atom. The largest absolute Gasteiger partial charge is 0.240 e. The molecular weight excluding hydrogens is 324 g/mol. The third-order valence-corrected chi connectivity index (χ3v) is 6.79.